The molecule has 0 spiro atoms. The van der Waals surface area contributed by atoms with Crippen LogP contribution in [0.1, 0.15) is 16.8 Å². The van der Waals surface area contributed by atoms with Crippen LogP contribution in [0.4, 0.5) is 0 Å². The molecule has 0 aliphatic carbocycles. The monoisotopic (exact) mass is 326 g/mol. The van der Waals surface area contributed by atoms with Gasteiger partial charge in [0.25, 0.3) is 5.91 Å². The number of β-amino-alcohol motifs (C(OH)–C–C–N with tert-alkyl or cyclic N) is 1. The Morgan fingerprint density at radius 1 is 1.42 bits per heavy atom. The summed E-state index contributed by atoms with van der Waals surface area (Å²) in [4.78, 5) is 25.2. The van der Waals surface area contributed by atoms with Crippen molar-refractivity contribution in [3.05, 3.63) is 34.3 Å². The van der Waals surface area contributed by atoms with E-state index in [1.54, 1.807) is 23.1 Å². The Balaban J connectivity index is 1.87. The van der Waals surface area contributed by atoms with E-state index in [0.29, 0.717) is 29.5 Å². The number of nitrogens with one attached hydrogen (secondary N) is 1. The van der Waals surface area contributed by atoms with E-state index in [9.17, 15) is 14.7 Å². The van der Waals surface area contributed by atoms with E-state index in [2.05, 4.69) is 21.2 Å². The maximum absolute atomic E-state index is 11.9. The van der Waals surface area contributed by atoms with E-state index in [1.807, 2.05) is 6.07 Å². The topological polar surface area (TPSA) is 69.6 Å². The number of aliphatic hydroxyl groups is 1. The molecule has 102 valence electrons. The van der Waals surface area contributed by atoms with Gasteiger partial charge < -0.3 is 15.3 Å². The molecule has 2 N–H and O–H groups in total. The fourth-order valence-corrected chi connectivity index (χ4v) is 2.44. The summed E-state index contributed by atoms with van der Waals surface area (Å²) in [6.45, 7) is 0.849. The van der Waals surface area contributed by atoms with Crippen LogP contribution >= 0.6 is 15.9 Å². The van der Waals surface area contributed by atoms with Crippen molar-refractivity contribution in [3.8, 4) is 0 Å². The van der Waals surface area contributed by atoms with Crippen molar-refractivity contribution >= 4 is 27.7 Å². The standard InChI is InChI=1S/C13H15BrN2O3/c14-11-4-2-1-3-10(11)13(19)15-7-12(18)16-6-5-9(17)8-16/h1-4,9,17H,5-8H2,(H,15,19)/t9-/m0/s1. The average molecular weight is 327 g/mol. The molecule has 1 saturated heterocycles. The van der Waals surface area contributed by atoms with E-state index >= 15 is 0 Å². The van der Waals surface area contributed by atoms with Crippen molar-refractivity contribution in [1.29, 1.82) is 0 Å². The smallest absolute Gasteiger partial charge is 0.252 e. The molecular formula is C13H15BrN2O3. The molecular weight excluding hydrogens is 312 g/mol. The number of hydrogen-bond donors (Lipinski definition) is 2. The van der Waals surface area contributed by atoms with Crippen LogP contribution in [0.5, 0.6) is 0 Å². The largest absolute Gasteiger partial charge is 0.391 e. The van der Waals surface area contributed by atoms with E-state index in [4.69, 9.17) is 0 Å². The second kappa shape index (κ2) is 6.16. The Hall–Kier alpha value is -1.40. The third-order valence-corrected chi connectivity index (χ3v) is 3.73. The van der Waals surface area contributed by atoms with E-state index in [1.165, 1.54) is 0 Å². The predicted molar refractivity (Wildman–Crippen MR) is 73.7 cm³/mol. The summed E-state index contributed by atoms with van der Waals surface area (Å²) in [5.74, 6) is -0.461. The lowest BCUT2D eigenvalue weighted by atomic mass is 10.2. The van der Waals surface area contributed by atoms with Gasteiger partial charge in [0.15, 0.2) is 0 Å². The van der Waals surface area contributed by atoms with Crippen LogP contribution < -0.4 is 5.32 Å². The average Bonchev–Trinajstić information content (AvgIpc) is 2.83. The zero-order chi connectivity index (χ0) is 13.8. The minimum Gasteiger partial charge on any atom is -0.391 e. The van der Waals surface area contributed by atoms with Gasteiger partial charge >= 0.3 is 0 Å². The minimum absolute atomic E-state index is 0.0487. The molecule has 0 radical (unpaired) electrons. The van der Waals surface area contributed by atoms with Crippen molar-refractivity contribution in [2.24, 2.45) is 0 Å². The summed E-state index contributed by atoms with van der Waals surface area (Å²) >= 11 is 3.29. The number of carbonyl (C=O) groups excluding carboxylic acids is 2. The third kappa shape index (κ3) is 3.54. The van der Waals surface area contributed by atoms with Crippen LogP contribution in [0.25, 0.3) is 0 Å². The molecule has 2 amide bonds. The first-order valence-corrected chi connectivity index (χ1v) is 6.86. The van der Waals surface area contributed by atoms with Gasteiger partial charge in [0, 0.05) is 17.6 Å². The van der Waals surface area contributed by atoms with Crippen LogP contribution in [0.2, 0.25) is 0 Å². The molecule has 1 fully saturated rings. The molecule has 1 atom stereocenters. The highest BCUT2D eigenvalue weighted by Crippen LogP contribution is 2.15. The number of halogens is 1. The van der Waals surface area contributed by atoms with Crippen LogP contribution in [0.15, 0.2) is 28.7 Å². The van der Waals surface area contributed by atoms with Crippen LogP contribution in [0.3, 0.4) is 0 Å². The third-order valence-electron chi connectivity index (χ3n) is 3.03. The zero-order valence-corrected chi connectivity index (χ0v) is 11.9. The van der Waals surface area contributed by atoms with Gasteiger partial charge in [-0.1, -0.05) is 12.1 Å². The summed E-state index contributed by atoms with van der Waals surface area (Å²) < 4.78 is 0.691. The second-order valence-electron chi connectivity index (χ2n) is 4.44. The molecule has 1 aliphatic heterocycles. The Kier molecular flexibility index (Phi) is 4.55. The lowest BCUT2D eigenvalue weighted by Crippen LogP contribution is -2.39. The molecule has 0 saturated carbocycles. The highest BCUT2D eigenvalue weighted by molar-refractivity contribution is 9.10. The normalized spacial score (nSPS) is 18.4. The first-order chi connectivity index (χ1) is 9.08. The molecule has 0 unspecified atom stereocenters. The van der Waals surface area contributed by atoms with E-state index < -0.39 is 6.10 Å². The molecule has 1 aromatic carbocycles. The molecule has 1 aliphatic rings. The number of aliphatic hydroxyl groups excluding tert-OH is 1. The summed E-state index contributed by atoms with van der Waals surface area (Å²) in [7, 11) is 0. The van der Waals surface area contributed by atoms with Crippen LogP contribution in [-0.2, 0) is 4.79 Å². The number of nitrogens with zero attached hydrogens (tertiary/aromatic N) is 1. The highest BCUT2D eigenvalue weighted by atomic mass is 79.9. The maximum Gasteiger partial charge on any atom is 0.252 e. The molecule has 5 nitrogen and oxygen atoms in total. The van der Waals surface area contributed by atoms with Gasteiger partial charge in [-0.15, -0.1) is 0 Å². The van der Waals surface area contributed by atoms with Crippen molar-refractivity contribution in [2.45, 2.75) is 12.5 Å². The van der Waals surface area contributed by atoms with Gasteiger partial charge in [0.05, 0.1) is 18.2 Å². The number of benzene rings is 1. The van der Waals surface area contributed by atoms with E-state index in [-0.39, 0.29) is 18.4 Å². The van der Waals surface area contributed by atoms with Crippen LogP contribution in [-0.4, -0.2) is 47.6 Å². The number of rotatable bonds is 3. The van der Waals surface area contributed by atoms with E-state index in [0.717, 1.165) is 0 Å². The fourth-order valence-electron chi connectivity index (χ4n) is 1.98. The Morgan fingerprint density at radius 2 is 2.16 bits per heavy atom. The Morgan fingerprint density at radius 3 is 2.79 bits per heavy atom. The molecule has 1 aromatic rings. The lowest BCUT2D eigenvalue weighted by molar-refractivity contribution is -0.129. The lowest BCUT2D eigenvalue weighted by Gasteiger charge is -2.15. The molecule has 0 aromatic heterocycles. The first kappa shape index (κ1) is 14.0. The fraction of sp³-hybridized carbons (Fsp3) is 0.385. The minimum atomic E-state index is -0.442. The Bertz CT molecular complexity index is 493. The van der Waals surface area contributed by atoms with Gasteiger partial charge in [0.2, 0.25) is 5.91 Å². The number of amides is 2. The maximum atomic E-state index is 11.9. The van der Waals surface area contributed by atoms with Gasteiger partial charge in [-0.25, -0.2) is 0 Å². The highest BCUT2D eigenvalue weighted by Gasteiger charge is 2.24. The van der Waals surface area contributed by atoms with Gasteiger partial charge in [-0.2, -0.15) is 0 Å². The summed E-state index contributed by atoms with van der Waals surface area (Å²) in [5, 5.41) is 11.9. The summed E-state index contributed by atoms with van der Waals surface area (Å²) in [6.07, 6.45) is 0.159. The van der Waals surface area contributed by atoms with Crippen molar-refractivity contribution < 1.29 is 14.7 Å². The molecule has 6 heteroatoms. The summed E-state index contributed by atoms with van der Waals surface area (Å²) in [5.41, 5.74) is 0.497. The van der Waals surface area contributed by atoms with Crippen molar-refractivity contribution in [2.75, 3.05) is 19.6 Å². The first-order valence-electron chi connectivity index (χ1n) is 6.06. The molecule has 19 heavy (non-hydrogen) atoms. The van der Waals surface area contributed by atoms with Crippen LogP contribution in [0, 0.1) is 0 Å². The predicted octanol–water partition coefficient (Wildman–Crippen LogP) is 0.772. The number of hydrogen-bond acceptors (Lipinski definition) is 3. The Labute approximate surface area is 119 Å². The zero-order valence-electron chi connectivity index (χ0n) is 10.3. The number of likely N-dealkylation sites (tertiary alicyclic amines) is 1. The quantitative estimate of drug-likeness (QED) is 0.862. The van der Waals surface area contributed by atoms with Crippen molar-refractivity contribution in [1.82, 2.24) is 10.2 Å². The second-order valence-corrected chi connectivity index (χ2v) is 5.30. The summed E-state index contributed by atoms with van der Waals surface area (Å²) in [6, 6.07) is 7.03. The molecule has 2 rings (SSSR count). The van der Waals surface area contributed by atoms with Gasteiger partial charge in [0.1, 0.15) is 0 Å². The van der Waals surface area contributed by atoms with Gasteiger partial charge in [-0.05, 0) is 34.5 Å². The molecule has 1 heterocycles. The van der Waals surface area contributed by atoms with Gasteiger partial charge in [-0.3, -0.25) is 9.59 Å². The SMILES string of the molecule is O=C(NCC(=O)N1CC[C@H](O)C1)c1ccccc1Br. The molecule has 0 bridgehead atoms. The van der Waals surface area contributed by atoms with Crippen molar-refractivity contribution in [3.63, 3.8) is 0 Å². The number of carbonyl (C=O) groups is 2.